The van der Waals surface area contributed by atoms with Crippen molar-refractivity contribution in [2.24, 2.45) is 0 Å². The highest BCUT2D eigenvalue weighted by Gasteiger charge is 2.34. The van der Waals surface area contributed by atoms with Crippen molar-refractivity contribution < 1.29 is 27.8 Å². The van der Waals surface area contributed by atoms with Gasteiger partial charge in [0.1, 0.15) is 18.5 Å². The number of hydrogen-bond acceptors (Lipinski definition) is 5. The van der Waals surface area contributed by atoms with Crippen LogP contribution in [0.4, 0.5) is 13.2 Å². The Morgan fingerprint density at radius 1 is 1.39 bits per heavy atom. The van der Waals surface area contributed by atoms with Gasteiger partial charge in [0.05, 0.1) is 5.56 Å². The highest BCUT2D eigenvalue weighted by molar-refractivity contribution is 5.93. The van der Waals surface area contributed by atoms with Gasteiger partial charge in [-0.15, -0.1) is 0 Å². The van der Waals surface area contributed by atoms with Crippen LogP contribution >= 0.6 is 0 Å². The zero-order valence-corrected chi connectivity index (χ0v) is 15.2. The molecule has 2 aromatic rings. The van der Waals surface area contributed by atoms with Crippen LogP contribution < -0.4 is 10.1 Å². The smallest absolute Gasteiger partial charge is 0.419 e. The first-order chi connectivity index (χ1) is 13.3. The summed E-state index contributed by atoms with van der Waals surface area (Å²) < 4.78 is 44.1. The summed E-state index contributed by atoms with van der Waals surface area (Å²) in [5, 5.41) is 20.2. The predicted octanol–water partition coefficient (Wildman–Crippen LogP) is 1.59. The van der Waals surface area contributed by atoms with Gasteiger partial charge in [-0.2, -0.15) is 18.3 Å². The van der Waals surface area contributed by atoms with E-state index >= 15 is 0 Å². The van der Waals surface area contributed by atoms with Crippen molar-refractivity contribution in [2.45, 2.75) is 25.2 Å². The van der Waals surface area contributed by atoms with Crippen molar-refractivity contribution in [1.82, 2.24) is 20.4 Å². The van der Waals surface area contributed by atoms with Crippen molar-refractivity contribution in [2.75, 3.05) is 26.7 Å². The molecule has 0 saturated carbocycles. The van der Waals surface area contributed by atoms with Gasteiger partial charge in [0.2, 0.25) is 0 Å². The Labute approximate surface area is 159 Å². The van der Waals surface area contributed by atoms with Gasteiger partial charge in [-0.25, -0.2) is 0 Å². The van der Waals surface area contributed by atoms with Crippen LogP contribution in [0.3, 0.4) is 0 Å². The molecular weight excluding hydrogens is 377 g/mol. The van der Waals surface area contributed by atoms with E-state index in [9.17, 15) is 23.1 Å². The lowest BCUT2D eigenvalue weighted by Crippen LogP contribution is -2.38. The summed E-state index contributed by atoms with van der Waals surface area (Å²) >= 11 is 0. The minimum Gasteiger partial charge on any atom is -0.490 e. The number of aromatic amines is 1. The van der Waals surface area contributed by atoms with E-state index in [0.717, 1.165) is 30.3 Å². The van der Waals surface area contributed by atoms with Gasteiger partial charge in [0.25, 0.3) is 5.91 Å². The van der Waals surface area contributed by atoms with Crippen LogP contribution in [0.2, 0.25) is 0 Å². The normalized spacial score (nSPS) is 15.0. The third kappa shape index (κ3) is 4.45. The first-order valence-electron chi connectivity index (χ1n) is 8.76. The molecule has 28 heavy (non-hydrogen) atoms. The number of likely N-dealkylation sites (N-methyl/N-ethyl adjacent to an activating group) is 1. The molecule has 2 heterocycles. The van der Waals surface area contributed by atoms with E-state index < -0.39 is 17.8 Å². The van der Waals surface area contributed by atoms with Gasteiger partial charge in [0.15, 0.2) is 5.69 Å². The van der Waals surface area contributed by atoms with Gasteiger partial charge in [-0.05, 0) is 12.1 Å². The van der Waals surface area contributed by atoms with E-state index in [1.165, 1.54) is 30.1 Å². The maximum absolute atomic E-state index is 13.0. The number of aliphatic hydroxyl groups is 1. The first-order valence-corrected chi connectivity index (χ1v) is 8.76. The monoisotopic (exact) mass is 398 g/mol. The molecule has 3 rings (SSSR count). The molecule has 1 unspecified atom stereocenters. The van der Waals surface area contributed by atoms with Gasteiger partial charge in [0, 0.05) is 44.4 Å². The fraction of sp³-hybridized carbons (Fsp3) is 0.444. The second kappa shape index (κ2) is 8.19. The van der Waals surface area contributed by atoms with Gasteiger partial charge in [-0.1, -0.05) is 12.1 Å². The molecule has 1 aromatic carbocycles. The molecular formula is C18H21F3N4O3. The number of nitrogens with zero attached hydrogens (tertiary/aromatic N) is 2. The lowest BCUT2D eigenvalue weighted by Gasteiger charge is -2.22. The summed E-state index contributed by atoms with van der Waals surface area (Å²) in [5.41, 5.74) is 1.07. The molecule has 0 aliphatic carbocycles. The van der Waals surface area contributed by atoms with Crippen LogP contribution in [0.5, 0.6) is 5.75 Å². The Morgan fingerprint density at radius 2 is 2.14 bits per heavy atom. The number of hydrogen-bond donors (Lipinski definition) is 3. The number of carbonyl (C=O) groups excluding carboxylic acids is 1. The Kier molecular flexibility index (Phi) is 5.90. The van der Waals surface area contributed by atoms with Gasteiger partial charge >= 0.3 is 6.18 Å². The number of fused-ring (bicyclic) bond motifs is 1. The number of amides is 1. The molecule has 0 fully saturated rings. The summed E-state index contributed by atoms with van der Waals surface area (Å²) in [7, 11) is 1.49. The molecule has 152 valence electrons. The summed E-state index contributed by atoms with van der Waals surface area (Å²) in [5.74, 6) is -0.744. The van der Waals surface area contributed by atoms with Crippen LogP contribution in [-0.4, -0.2) is 59.0 Å². The first kappa shape index (κ1) is 20.2. The lowest BCUT2D eigenvalue weighted by molar-refractivity contribution is -0.139. The van der Waals surface area contributed by atoms with Gasteiger partial charge in [-0.3, -0.25) is 9.89 Å². The number of carbonyl (C=O) groups is 1. The number of alkyl halides is 3. The number of H-pyrrole nitrogens is 1. The Balaban J connectivity index is 1.59. The number of halogens is 3. The largest absolute Gasteiger partial charge is 0.490 e. The van der Waals surface area contributed by atoms with E-state index in [4.69, 9.17) is 4.74 Å². The molecule has 0 radical (unpaired) electrons. The number of ether oxygens (including phenoxy) is 1. The molecule has 7 nitrogen and oxygen atoms in total. The maximum Gasteiger partial charge on any atom is 0.419 e. The topological polar surface area (TPSA) is 90.5 Å². The summed E-state index contributed by atoms with van der Waals surface area (Å²) in [4.78, 5) is 13.9. The number of aliphatic hydroxyl groups excluding tert-OH is 1. The van der Waals surface area contributed by atoms with Crippen molar-refractivity contribution >= 4 is 5.91 Å². The molecule has 1 atom stereocenters. The Hall–Kier alpha value is -2.59. The van der Waals surface area contributed by atoms with E-state index in [-0.39, 0.29) is 30.5 Å². The number of aromatic nitrogens is 2. The molecule has 0 bridgehead atoms. The highest BCUT2D eigenvalue weighted by Crippen LogP contribution is 2.35. The molecule has 10 heteroatoms. The second-order valence-corrected chi connectivity index (χ2v) is 6.60. The Morgan fingerprint density at radius 3 is 2.89 bits per heavy atom. The molecule has 1 aliphatic heterocycles. The molecule has 1 aliphatic rings. The van der Waals surface area contributed by atoms with E-state index in [1.54, 1.807) is 0 Å². The molecule has 3 N–H and O–H groups in total. The maximum atomic E-state index is 13.0. The fourth-order valence-corrected chi connectivity index (χ4v) is 3.05. The van der Waals surface area contributed by atoms with Crippen LogP contribution in [0.1, 0.15) is 27.3 Å². The minimum atomic E-state index is -4.55. The quantitative estimate of drug-likeness (QED) is 0.688. The zero-order valence-electron chi connectivity index (χ0n) is 15.2. The number of nitrogens with one attached hydrogen (secondary N) is 2. The summed E-state index contributed by atoms with van der Waals surface area (Å²) in [6.45, 7) is 0.835. The van der Waals surface area contributed by atoms with E-state index in [0.29, 0.717) is 6.54 Å². The van der Waals surface area contributed by atoms with Crippen molar-refractivity contribution in [3.05, 3.63) is 46.8 Å². The number of para-hydroxylation sites is 1. The zero-order chi connectivity index (χ0) is 20.3. The highest BCUT2D eigenvalue weighted by atomic mass is 19.4. The molecule has 0 spiro atoms. The average molecular weight is 398 g/mol. The average Bonchev–Trinajstić information content (AvgIpc) is 3.09. The van der Waals surface area contributed by atoms with Gasteiger partial charge < -0.3 is 20.1 Å². The van der Waals surface area contributed by atoms with Crippen molar-refractivity contribution in [3.8, 4) is 5.75 Å². The molecule has 1 aromatic heterocycles. The SMILES string of the molecule is CN(CC(O)COc1ccccc1C(F)(F)F)C(=O)c1n[nH]c2c1CNCC2. The van der Waals surface area contributed by atoms with Crippen LogP contribution in [0, 0.1) is 0 Å². The predicted molar refractivity (Wildman–Crippen MR) is 93.9 cm³/mol. The van der Waals surface area contributed by atoms with Crippen molar-refractivity contribution in [3.63, 3.8) is 0 Å². The third-order valence-corrected chi connectivity index (χ3v) is 4.46. The number of rotatable bonds is 6. The van der Waals surface area contributed by atoms with E-state index in [2.05, 4.69) is 15.5 Å². The second-order valence-electron chi connectivity index (χ2n) is 6.60. The Bertz CT molecular complexity index is 838. The minimum absolute atomic E-state index is 0.109. The molecule has 1 amide bonds. The third-order valence-electron chi connectivity index (χ3n) is 4.46. The fourth-order valence-electron chi connectivity index (χ4n) is 3.05. The summed E-state index contributed by atoms with van der Waals surface area (Å²) in [6.07, 6.45) is -4.97. The molecule has 0 saturated heterocycles. The number of benzene rings is 1. The lowest BCUT2D eigenvalue weighted by atomic mass is 10.1. The van der Waals surface area contributed by atoms with Crippen molar-refractivity contribution in [1.29, 1.82) is 0 Å². The van der Waals surface area contributed by atoms with E-state index in [1.807, 2.05) is 0 Å². The van der Waals surface area contributed by atoms with Crippen LogP contribution in [-0.2, 0) is 19.1 Å². The van der Waals surface area contributed by atoms with Crippen LogP contribution in [0.25, 0.3) is 0 Å². The summed E-state index contributed by atoms with van der Waals surface area (Å²) in [6, 6.07) is 4.78. The van der Waals surface area contributed by atoms with Crippen LogP contribution in [0.15, 0.2) is 24.3 Å². The standard InChI is InChI=1S/C18H21F3N4O3/c1-25(17(27)16-12-8-22-7-6-14(12)23-24-16)9-11(26)10-28-15-5-3-2-4-13(15)18(19,20)21/h2-5,11,22,26H,6-10H2,1H3,(H,23,24).